The van der Waals surface area contributed by atoms with Crippen LogP contribution in [-0.2, 0) is 5.60 Å². The molecule has 1 nitrogen and oxygen atoms in total. The van der Waals surface area contributed by atoms with E-state index in [0.29, 0.717) is 0 Å². The topological polar surface area (TPSA) is 20.2 Å². The number of hydrogen-bond acceptors (Lipinski definition) is 1. The van der Waals surface area contributed by atoms with Crippen molar-refractivity contribution in [2.75, 3.05) is 0 Å². The molecular weight excluding hydrogens is 244 g/mol. The fourth-order valence-corrected chi connectivity index (χ4v) is 1.67. The Morgan fingerprint density at radius 3 is 1.05 bits per heavy atom. The number of benzene rings is 3. The van der Waals surface area contributed by atoms with Gasteiger partial charge in [0, 0.05) is 0 Å². The van der Waals surface area contributed by atoms with Crippen LogP contribution in [0.3, 0.4) is 0 Å². The molecule has 98 valence electrons. The summed E-state index contributed by atoms with van der Waals surface area (Å²) in [7, 11) is 0. The first-order valence-electron chi connectivity index (χ1n) is 13.0. The maximum Gasteiger partial charge on any atom is 0.140 e. The first-order valence-corrected chi connectivity index (χ1v) is 5.47. The predicted octanol–water partition coefficient (Wildman–Crippen LogP) is 3.97. The fourth-order valence-electron chi connectivity index (χ4n) is 1.67. The van der Waals surface area contributed by atoms with Gasteiger partial charge < -0.3 is 5.11 Å². The zero-order valence-corrected chi connectivity index (χ0v) is 9.95. The highest BCUT2D eigenvalue weighted by Gasteiger charge is 2.33. The summed E-state index contributed by atoms with van der Waals surface area (Å²) in [4.78, 5) is 0. The second-order valence-electron chi connectivity index (χ2n) is 3.71. The zero-order chi connectivity index (χ0) is 26.9. The van der Waals surface area contributed by atoms with Crippen molar-refractivity contribution in [1.29, 1.82) is 0 Å². The third-order valence-electron chi connectivity index (χ3n) is 2.59. The molecule has 0 radical (unpaired) electrons. The molecule has 0 saturated heterocycles. The molecule has 3 rings (SSSR count). The Hall–Kier alpha value is -2.38. The van der Waals surface area contributed by atoms with E-state index in [1.54, 1.807) is 0 Å². The van der Waals surface area contributed by atoms with E-state index in [4.69, 9.17) is 20.6 Å². The Morgan fingerprint density at radius 2 is 0.800 bits per heavy atom. The summed E-state index contributed by atoms with van der Waals surface area (Å²) in [5, 5.41) is 12.1. The van der Waals surface area contributed by atoms with Gasteiger partial charge in [-0.3, -0.25) is 0 Å². The maximum absolute atomic E-state index is 12.1. The minimum absolute atomic E-state index is 0.867. The molecule has 0 fully saturated rings. The van der Waals surface area contributed by atoms with E-state index >= 15 is 0 Å². The highest BCUT2D eigenvalue weighted by atomic mass is 16.3. The summed E-state index contributed by atoms with van der Waals surface area (Å²) in [5.41, 5.74) is -6.48. The molecule has 0 unspecified atom stereocenters. The largest absolute Gasteiger partial charge is 0.376 e. The quantitative estimate of drug-likeness (QED) is 0.717. The Kier molecular flexibility index (Phi) is 1.08. The molecule has 3 aromatic carbocycles. The van der Waals surface area contributed by atoms with Gasteiger partial charge in [-0.1, -0.05) is 90.6 Å². The average molecular weight is 275 g/mol. The molecule has 0 aliphatic rings. The van der Waals surface area contributed by atoms with Crippen LogP contribution in [0.5, 0.6) is 0 Å². The van der Waals surface area contributed by atoms with Crippen molar-refractivity contribution in [3.8, 4) is 0 Å². The number of hydrogen-bond donors (Lipinski definition) is 1. The van der Waals surface area contributed by atoms with Gasteiger partial charge in [-0.15, -0.1) is 0 Å². The second kappa shape index (κ2) is 5.32. The van der Waals surface area contributed by atoms with Crippen molar-refractivity contribution in [3.05, 3.63) is 107 Å². The van der Waals surface area contributed by atoms with Crippen molar-refractivity contribution in [2.45, 2.75) is 5.60 Å². The lowest BCUT2D eigenvalue weighted by Gasteiger charge is -2.30. The van der Waals surface area contributed by atoms with Crippen LogP contribution in [0.15, 0.2) is 90.6 Å². The van der Waals surface area contributed by atoms with Gasteiger partial charge in [-0.25, -0.2) is 0 Å². The zero-order valence-electron chi connectivity index (χ0n) is 24.9. The number of aliphatic hydroxyl groups is 1. The fraction of sp³-hybridized carbons (Fsp3) is 0.0526. The molecule has 20 heavy (non-hydrogen) atoms. The van der Waals surface area contributed by atoms with Gasteiger partial charge in [0.1, 0.15) is 5.60 Å². The second-order valence-corrected chi connectivity index (χ2v) is 3.71. The van der Waals surface area contributed by atoms with E-state index in [-0.39, 0.29) is 0 Å². The summed E-state index contributed by atoms with van der Waals surface area (Å²) in [6.45, 7) is 0. The van der Waals surface area contributed by atoms with Crippen LogP contribution in [0.25, 0.3) is 0 Å². The maximum atomic E-state index is 12.1. The normalized spacial score (nSPS) is 21.8. The Bertz CT molecular complexity index is 1160. The van der Waals surface area contributed by atoms with Crippen LogP contribution in [0.2, 0.25) is 0 Å². The molecule has 0 bridgehead atoms. The first kappa shape index (κ1) is 4.06. The van der Waals surface area contributed by atoms with Crippen molar-refractivity contribution < 1.29 is 25.7 Å². The van der Waals surface area contributed by atoms with Crippen molar-refractivity contribution >= 4 is 0 Å². The lowest BCUT2D eigenvalue weighted by Crippen LogP contribution is -2.28. The third-order valence-corrected chi connectivity index (χ3v) is 2.59. The van der Waals surface area contributed by atoms with Gasteiger partial charge >= 0.3 is 0 Å². The molecule has 1 N–H and O–H groups in total. The highest BCUT2D eigenvalue weighted by Crippen LogP contribution is 2.36. The smallest absolute Gasteiger partial charge is 0.140 e. The number of rotatable bonds is 3. The standard InChI is InChI=1S/C19H16O/c20-19(16-10-4-1-5-11-16,17-12-6-2-7-13-17)18-14-8-3-9-15-18/h1-15,20H/i1D,2D,3D,4D,5D,6D,7D,8D,9D,10D,11D,12D,13D,14D,15D. The van der Waals surface area contributed by atoms with Gasteiger partial charge in [0.15, 0.2) is 0 Å². The third kappa shape index (κ3) is 2.13. The lowest BCUT2D eigenvalue weighted by atomic mass is 9.80. The van der Waals surface area contributed by atoms with Crippen molar-refractivity contribution in [1.82, 2.24) is 0 Å². The lowest BCUT2D eigenvalue weighted by molar-refractivity contribution is 0.125. The minimum atomic E-state index is -3.35. The summed E-state index contributed by atoms with van der Waals surface area (Å²) in [6.07, 6.45) is 0. The molecule has 0 aromatic heterocycles. The minimum Gasteiger partial charge on any atom is -0.376 e. The first-order chi connectivity index (χ1) is 16.0. The molecule has 0 spiro atoms. The highest BCUT2D eigenvalue weighted by molar-refractivity contribution is 5.46. The molecule has 0 aliphatic carbocycles. The van der Waals surface area contributed by atoms with Crippen molar-refractivity contribution in [3.63, 3.8) is 0 Å². The van der Waals surface area contributed by atoms with E-state index in [1.165, 1.54) is 0 Å². The van der Waals surface area contributed by atoms with Crippen molar-refractivity contribution in [2.24, 2.45) is 0 Å². The van der Waals surface area contributed by atoms with Crippen LogP contribution in [0, 0.1) is 0 Å². The summed E-state index contributed by atoms with van der Waals surface area (Å²) >= 11 is 0. The van der Waals surface area contributed by atoms with E-state index < -0.39 is 113 Å². The summed E-state index contributed by atoms with van der Waals surface area (Å²) in [5.74, 6) is 0. The average Bonchev–Trinajstić information content (AvgIpc) is 2.81. The van der Waals surface area contributed by atoms with Crippen LogP contribution in [0.1, 0.15) is 37.3 Å². The molecule has 0 amide bonds. The predicted molar refractivity (Wildman–Crippen MR) is 81.4 cm³/mol. The monoisotopic (exact) mass is 275 g/mol. The van der Waals surface area contributed by atoms with Gasteiger partial charge in [0.2, 0.25) is 0 Å². The molecule has 0 saturated carbocycles. The van der Waals surface area contributed by atoms with E-state index in [9.17, 15) is 5.11 Å². The van der Waals surface area contributed by atoms with E-state index in [2.05, 4.69) is 0 Å². The SMILES string of the molecule is [2H]c1c([2H])c([2H])c(C(O)(c2c([2H])c([2H])c([2H])c([2H])c2[2H])c2c([2H])c([2H])c([2H])c([2H])c2[2H])c([2H])c1[2H]. The van der Waals surface area contributed by atoms with E-state index in [0.717, 1.165) is 0 Å². The molecule has 3 aromatic rings. The molecular formula is C19H16O. The van der Waals surface area contributed by atoms with Gasteiger partial charge in [-0.05, 0) is 16.7 Å². The molecule has 0 heterocycles. The van der Waals surface area contributed by atoms with E-state index in [1.807, 2.05) is 0 Å². The summed E-state index contributed by atoms with van der Waals surface area (Å²) in [6, 6.07) is -14.7. The van der Waals surface area contributed by atoms with Gasteiger partial charge in [0.05, 0.1) is 20.6 Å². The van der Waals surface area contributed by atoms with Crippen LogP contribution in [-0.4, -0.2) is 5.11 Å². The molecule has 0 atom stereocenters. The van der Waals surface area contributed by atoms with Gasteiger partial charge in [0.25, 0.3) is 0 Å². The summed E-state index contributed by atoms with van der Waals surface area (Å²) < 4.78 is 121. The van der Waals surface area contributed by atoms with Crippen LogP contribution >= 0.6 is 0 Å². The van der Waals surface area contributed by atoms with Crippen LogP contribution < -0.4 is 0 Å². The Morgan fingerprint density at radius 1 is 0.550 bits per heavy atom. The Balaban J connectivity index is 2.78. The van der Waals surface area contributed by atoms with Gasteiger partial charge in [-0.2, -0.15) is 0 Å². The molecule has 0 aliphatic heterocycles. The van der Waals surface area contributed by atoms with Crippen LogP contribution in [0.4, 0.5) is 0 Å². The Labute approximate surface area is 140 Å². The molecule has 1 heteroatoms.